The first-order valence-electron chi connectivity index (χ1n) is 9.80. The maximum atomic E-state index is 12.6. The molecular weight excluding hydrogens is 460 g/mol. The van der Waals surface area contributed by atoms with Crippen LogP contribution in [0.2, 0.25) is 0 Å². The third kappa shape index (κ3) is 3.61. The molecule has 1 aliphatic rings. The molecule has 3 unspecified atom stereocenters. The van der Waals surface area contributed by atoms with Gasteiger partial charge in [0, 0.05) is 0 Å². The molecule has 0 spiro atoms. The van der Waals surface area contributed by atoms with Gasteiger partial charge in [0.2, 0.25) is 23.5 Å². The number of hydrogen-bond donors (Lipinski definition) is 9. The Balaban J connectivity index is 1.84. The van der Waals surface area contributed by atoms with Crippen LogP contribution in [0.1, 0.15) is 0 Å². The van der Waals surface area contributed by atoms with Crippen molar-refractivity contribution in [3.05, 3.63) is 34.7 Å². The monoisotopic (exact) mass is 480 g/mol. The van der Waals surface area contributed by atoms with Crippen molar-refractivity contribution in [2.45, 2.75) is 30.7 Å². The topological polar surface area (TPSA) is 231 Å². The molecule has 182 valence electrons. The van der Waals surface area contributed by atoms with Crippen molar-refractivity contribution in [2.24, 2.45) is 0 Å². The fourth-order valence-corrected chi connectivity index (χ4v) is 3.63. The van der Waals surface area contributed by atoms with Gasteiger partial charge in [-0.25, -0.2) is 4.79 Å². The molecule has 34 heavy (non-hydrogen) atoms. The minimum Gasteiger partial charge on any atom is -0.508 e. The van der Waals surface area contributed by atoms with E-state index in [1.54, 1.807) is 0 Å². The molecule has 0 amide bonds. The standard InChI is InChI=1S/C21H20O13/c22-5-8-11(24)14(27)16(29)21(32-8)34-19-15(28)13(26)10-12(25)9(6-1-3-7(23)4-2-6)20(31)33-18(10)17(19)30/h1-4,8,11,14,16,21-30H,5H2/t8?,11-,14?,16?,21+/m1/s1. The maximum Gasteiger partial charge on any atom is 0.348 e. The minimum absolute atomic E-state index is 0.0889. The molecule has 1 saturated heterocycles. The lowest BCUT2D eigenvalue weighted by Gasteiger charge is -2.39. The second-order valence-electron chi connectivity index (χ2n) is 7.55. The molecule has 1 aliphatic heterocycles. The summed E-state index contributed by atoms with van der Waals surface area (Å²) in [4.78, 5) is 12.6. The molecule has 4 rings (SSSR count). The van der Waals surface area contributed by atoms with E-state index in [2.05, 4.69) is 0 Å². The minimum atomic E-state index is -1.92. The van der Waals surface area contributed by atoms with Crippen molar-refractivity contribution in [3.63, 3.8) is 0 Å². The zero-order valence-corrected chi connectivity index (χ0v) is 17.1. The van der Waals surface area contributed by atoms with E-state index < -0.39 is 88.2 Å². The molecule has 0 aliphatic carbocycles. The molecule has 2 heterocycles. The Bertz CT molecular complexity index is 1280. The molecule has 0 bridgehead atoms. The summed E-state index contributed by atoms with van der Waals surface area (Å²) >= 11 is 0. The Kier molecular flexibility index (Phi) is 5.89. The van der Waals surface area contributed by atoms with Crippen molar-refractivity contribution < 1.29 is 59.8 Å². The van der Waals surface area contributed by atoms with Gasteiger partial charge in [-0.05, 0) is 17.7 Å². The Morgan fingerprint density at radius 2 is 1.47 bits per heavy atom. The number of hydrogen-bond acceptors (Lipinski definition) is 13. The van der Waals surface area contributed by atoms with Crippen LogP contribution in [0.3, 0.4) is 0 Å². The van der Waals surface area contributed by atoms with Gasteiger partial charge in [0.05, 0.1) is 6.61 Å². The molecule has 0 radical (unpaired) electrons. The molecule has 1 aromatic heterocycles. The first kappa shape index (κ1) is 23.4. The summed E-state index contributed by atoms with van der Waals surface area (Å²) in [5.74, 6) is -5.24. The van der Waals surface area contributed by atoms with Crippen LogP contribution in [0.4, 0.5) is 0 Å². The van der Waals surface area contributed by atoms with E-state index >= 15 is 0 Å². The van der Waals surface area contributed by atoms with Crippen LogP contribution in [0.25, 0.3) is 22.1 Å². The second-order valence-corrected chi connectivity index (χ2v) is 7.55. The Morgan fingerprint density at radius 3 is 2.09 bits per heavy atom. The Labute approximate surface area is 189 Å². The van der Waals surface area contributed by atoms with E-state index in [-0.39, 0.29) is 11.3 Å². The molecule has 13 nitrogen and oxygen atoms in total. The first-order chi connectivity index (χ1) is 16.1. The van der Waals surface area contributed by atoms with E-state index in [0.717, 1.165) is 0 Å². The lowest BCUT2D eigenvalue weighted by Crippen LogP contribution is -2.60. The maximum absolute atomic E-state index is 12.6. The number of aliphatic hydroxyl groups is 4. The summed E-state index contributed by atoms with van der Waals surface area (Å²) in [7, 11) is 0. The lowest BCUT2D eigenvalue weighted by atomic mass is 9.99. The van der Waals surface area contributed by atoms with E-state index in [4.69, 9.17) is 13.9 Å². The van der Waals surface area contributed by atoms with Crippen LogP contribution >= 0.6 is 0 Å². The van der Waals surface area contributed by atoms with Crippen molar-refractivity contribution in [3.8, 4) is 45.6 Å². The van der Waals surface area contributed by atoms with Crippen LogP contribution in [0.15, 0.2) is 33.5 Å². The molecule has 3 aromatic rings. The van der Waals surface area contributed by atoms with Crippen LogP contribution in [-0.4, -0.2) is 83.3 Å². The van der Waals surface area contributed by atoms with E-state index in [1.807, 2.05) is 0 Å². The van der Waals surface area contributed by atoms with Gasteiger partial charge in [-0.1, -0.05) is 12.1 Å². The zero-order valence-electron chi connectivity index (χ0n) is 17.1. The predicted molar refractivity (Wildman–Crippen MR) is 111 cm³/mol. The van der Waals surface area contributed by atoms with E-state index in [1.165, 1.54) is 24.3 Å². The molecular formula is C21H20O13. The summed E-state index contributed by atoms with van der Waals surface area (Å²) in [5, 5.41) is 90.1. The highest BCUT2D eigenvalue weighted by Gasteiger charge is 2.45. The SMILES string of the molecule is O=c1oc2c(O)c(O[C@@H]3OC(CO)[C@@H](O)C(O)C3O)c(O)c(O)c2c(O)c1-c1ccc(O)cc1. The highest BCUT2D eigenvalue weighted by molar-refractivity contribution is 6.01. The average Bonchev–Trinajstić information content (AvgIpc) is 2.81. The van der Waals surface area contributed by atoms with Crippen LogP contribution < -0.4 is 10.4 Å². The van der Waals surface area contributed by atoms with Gasteiger partial charge < -0.3 is 59.8 Å². The Morgan fingerprint density at radius 1 is 0.824 bits per heavy atom. The summed E-state index contributed by atoms with van der Waals surface area (Å²) < 4.78 is 15.4. The number of phenols is 4. The van der Waals surface area contributed by atoms with Crippen molar-refractivity contribution in [1.82, 2.24) is 0 Å². The summed E-state index contributed by atoms with van der Waals surface area (Å²) in [6, 6.07) is 5.01. The Hall–Kier alpha value is -3.75. The van der Waals surface area contributed by atoms with Crippen LogP contribution in [0.5, 0.6) is 34.5 Å². The smallest absolute Gasteiger partial charge is 0.348 e. The third-order valence-electron chi connectivity index (χ3n) is 5.44. The van der Waals surface area contributed by atoms with Crippen LogP contribution in [-0.2, 0) is 4.74 Å². The van der Waals surface area contributed by atoms with E-state index in [9.17, 15) is 50.8 Å². The first-order valence-corrected chi connectivity index (χ1v) is 9.80. The summed E-state index contributed by atoms with van der Waals surface area (Å²) in [5.41, 5.74) is -2.30. The molecule has 0 saturated carbocycles. The van der Waals surface area contributed by atoms with Gasteiger partial charge in [-0.15, -0.1) is 0 Å². The third-order valence-corrected chi connectivity index (χ3v) is 5.44. The number of phenolic OH excluding ortho intramolecular Hbond substituents is 4. The quantitative estimate of drug-likeness (QED) is 0.126. The van der Waals surface area contributed by atoms with Gasteiger partial charge in [-0.2, -0.15) is 0 Å². The predicted octanol–water partition coefficient (Wildman–Crippen LogP) is -0.833. The van der Waals surface area contributed by atoms with Crippen molar-refractivity contribution in [2.75, 3.05) is 6.61 Å². The van der Waals surface area contributed by atoms with Gasteiger partial charge in [0.1, 0.15) is 46.9 Å². The number of aromatic hydroxyl groups is 5. The number of aliphatic hydroxyl groups excluding tert-OH is 4. The van der Waals surface area contributed by atoms with Crippen molar-refractivity contribution >= 4 is 11.0 Å². The molecule has 1 fully saturated rings. The lowest BCUT2D eigenvalue weighted by molar-refractivity contribution is -0.277. The number of fused-ring (bicyclic) bond motifs is 1. The molecule has 9 N–H and O–H groups in total. The normalized spacial score (nSPS) is 24.9. The largest absolute Gasteiger partial charge is 0.508 e. The summed E-state index contributed by atoms with van der Waals surface area (Å²) in [6.45, 7) is -0.783. The van der Waals surface area contributed by atoms with Gasteiger partial charge in [0.15, 0.2) is 11.3 Å². The summed E-state index contributed by atoms with van der Waals surface area (Å²) in [6.07, 6.45) is -8.71. The molecule has 2 aromatic carbocycles. The highest BCUT2D eigenvalue weighted by Crippen LogP contribution is 2.53. The average molecular weight is 480 g/mol. The van der Waals surface area contributed by atoms with Crippen molar-refractivity contribution in [1.29, 1.82) is 0 Å². The van der Waals surface area contributed by atoms with Gasteiger partial charge >= 0.3 is 5.63 Å². The molecule has 13 heteroatoms. The second kappa shape index (κ2) is 8.55. The van der Waals surface area contributed by atoms with E-state index in [0.29, 0.717) is 0 Å². The van der Waals surface area contributed by atoms with Gasteiger partial charge in [0.25, 0.3) is 0 Å². The number of ether oxygens (including phenoxy) is 2. The van der Waals surface area contributed by atoms with Crippen LogP contribution in [0, 0.1) is 0 Å². The molecule has 5 atom stereocenters. The van der Waals surface area contributed by atoms with Gasteiger partial charge in [-0.3, -0.25) is 0 Å². The number of benzene rings is 2. The fourth-order valence-electron chi connectivity index (χ4n) is 3.63. The zero-order chi connectivity index (χ0) is 24.9. The fraction of sp³-hybridized carbons (Fsp3) is 0.286. The number of rotatable bonds is 4. The highest BCUT2D eigenvalue weighted by atomic mass is 16.7.